The van der Waals surface area contributed by atoms with E-state index in [1.807, 2.05) is 16.1 Å². The van der Waals surface area contributed by atoms with Gasteiger partial charge in [-0.1, -0.05) is 6.92 Å². The van der Waals surface area contributed by atoms with Crippen LogP contribution in [0.2, 0.25) is 0 Å². The molecule has 0 amide bonds. The maximum absolute atomic E-state index is 12.3. The number of aliphatic imine (C=N–C) groups is 1. The highest BCUT2D eigenvalue weighted by atomic mass is 127. The first-order chi connectivity index (χ1) is 13.7. The van der Waals surface area contributed by atoms with Gasteiger partial charge in [0.1, 0.15) is 18.0 Å². The first-order valence-corrected chi connectivity index (χ1v) is 10.3. The van der Waals surface area contributed by atoms with E-state index in [1.165, 1.54) is 0 Å². The smallest absolute Gasteiger partial charge is 0.345 e. The molecule has 2 aromatic heterocycles. The summed E-state index contributed by atoms with van der Waals surface area (Å²) >= 11 is 0. The van der Waals surface area contributed by atoms with Gasteiger partial charge in [0, 0.05) is 52.1 Å². The summed E-state index contributed by atoms with van der Waals surface area (Å²) < 4.78 is 5.45. The molecule has 0 unspecified atom stereocenters. The fourth-order valence-electron chi connectivity index (χ4n) is 3.38. The Labute approximate surface area is 188 Å². The third-order valence-corrected chi connectivity index (χ3v) is 4.83. The molecular formula is C18H32IN9O. The lowest BCUT2D eigenvalue weighted by molar-refractivity contribution is 0.509. The number of guanidine groups is 1. The van der Waals surface area contributed by atoms with Crippen LogP contribution in [0.3, 0.4) is 0 Å². The predicted molar refractivity (Wildman–Crippen MR) is 123 cm³/mol. The normalized spacial score (nSPS) is 13.7. The molecule has 0 aromatic carbocycles. The molecule has 0 spiro atoms. The van der Waals surface area contributed by atoms with Crippen LogP contribution in [0, 0.1) is 0 Å². The van der Waals surface area contributed by atoms with Crippen LogP contribution in [0.1, 0.15) is 44.8 Å². The van der Waals surface area contributed by atoms with Crippen LogP contribution >= 0.6 is 24.0 Å². The van der Waals surface area contributed by atoms with Crippen LogP contribution in [0.5, 0.6) is 0 Å². The highest BCUT2D eigenvalue weighted by Crippen LogP contribution is 2.09. The van der Waals surface area contributed by atoms with Gasteiger partial charge in [0.25, 0.3) is 0 Å². The summed E-state index contributed by atoms with van der Waals surface area (Å²) in [6.07, 6.45) is 6.49. The van der Waals surface area contributed by atoms with Gasteiger partial charge >= 0.3 is 5.69 Å². The molecule has 0 atom stereocenters. The second-order valence-corrected chi connectivity index (χ2v) is 6.87. The minimum absolute atomic E-state index is 0. The molecule has 0 saturated heterocycles. The Kier molecular flexibility index (Phi) is 9.61. The largest absolute Gasteiger partial charge is 0.357 e. The number of rotatable bonds is 9. The zero-order valence-electron chi connectivity index (χ0n) is 17.3. The lowest BCUT2D eigenvalue weighted by Crippen LogP contribution is -2.39. The van der Waals surface area contributed by atoms with Crippen molar-refractivity contribution in [1.29, 1.82) is 0 Å². The topological polar surface area (TPSA) is 107 Å². The van der Waals surface area contributed by atoms with E-state index in [2.05, 4.69) is 37.8 Å². The van der Waals surface area contributed by atoms with E-state index in [0.717, 1.165) is 75.9 Å². The summed E-state index contributed by atoms with van der Waals surface area (Å²) in [5, 5.41) is 19.1. The molecule has 3 rings (SSSR count). The molecule has 2 N–H and O–H groups in total. The number of halogens is 1. The SMILES string of the molecule is CCNC(=NCCCn1nc2n(c1=O)CCCC2)NCCn1cnnc1CC.I. The van der Waals surface area contributed by atoms with Gasteiger partial charge in [0.15, 0.2) is 5.96 Å². The Balaban J connectivity index is 0.00000300. The number of aryl methyl sites for hydroxylation is 3. The van der Waals surface area contributed by atoms with Gasteiger partial charge in [-0.25, -0.2) is 9.48 Å². The van der Waals surface area contributed by atoms with Crippen molar-refractivity contribution in [3.05, 3.63) is 28.5 Å². The number of hydrogen-bond acceptors (Lipinski definition) is 5. The summed E-state index contributed by atoms with van der Waals surface area (Å²) in [7, 11) is 0. The van der Waals surface area contributed by atoms with Crippen LogP contribution in [-0.2, 0) is 32.5 Å². The Morgan fingerprint density at radius 1 is 1.24 bits per heavy atom. The number of nitrogens with zero attached hydrogens (tertiary/aromatic N) is 7. The second-order valence-electron chi connectivity index (χ2n) is 6.87. The first kappa shape index (κ1) is 23.4. The van der Waals surface area contributed by atoms with Gasteiger partial charge in [0.2, 0.25) is 0 Å². The molecule has 162 valence electrons. The Hall–Kier alpha value is -1.92. The Morgan fingerprint density at radius 3 is 2.86 bits per heavy atom. The molecule has 0 aliphatic carbocycles. The summed E-state index contributed by atoms with van der Waals surface area (Å²) in [6, 6.07) is 0. The first-order valence-electron chi connectivity index (χ1n) is 10.3. The van der Waals surface area contributed by atoms with E-state index in [0.29, 0.717) is 13.1 Å². The maximum Gasteiger partial charge on any atom is 0.345 e. The van der Waals surface area contributed by atoms with Crippen molar-refractivity contribution < 1.29 is 0 Å². The Bertz CT molecular complexity index is 839. The van der Waals surface area contributed by atoms with Gasteiger partial charge in [-0.3, -0.25) is 9.56 Å². The molecule has 0 saturated carbocycles. The average molecular weight is 517 g/mol. The molecule has 1 aliphatic heterocycles. The maximum atomic E-state index is 12.3. The molecular weight excluding hydrogens is 485 g/mol. The summed E-state index contributed by atoms with van der Waals surface area (Å²) in [6.45, 7) is 8.47. The zero-order valence-corrected chi connectivity index (χ0v) is 19.6. The summed E-state index contributed by atoms with van der Waals surface area (Å²) in [5.41, 5.74) is 0.0179. The van der Waals surface area contributed by atoms with Crippen LogP contribution in [0.4, 0.5) is 0 Å². The lowest BCUT2D eigenvalue weighted by atomic mass is 10.2. The molecule has 1 aliphatic rings. The number of hydrogen-bond donors (Lipinski definition) is 2. The van der Waals surface area contributed by atoms with Gasteiger partial charge < -0.3 is 15.2 Å². The number of aromatic nitrogens is 6. The minimum Gasteiger partial charge on any atom is -0.357 e. The molecule has 0 radical (unpaired) electrons. The van der Waals surface area contributed by atoms with E-state index >= 15 is 0 Å². The fraction of sp³-hybridized carbons (Fsp3) is 0.722. The standard InChI is InChI=1S/C18H31N9O.HI/c1-3-15-23-22-14-25(15)13-10-21-17(19-4-2)20-9-7-12-27-18(28)26-11-6-5-8-16(26)24-27;/h14H,3-13H2,1-2H3,(H2,19,20,21);1H. The van der Waals surface area contributed by atoms with Crippen LogP contribution in [-0.4, -0.2) is 54.7 Å². The van der Waals surface area contributed by atoms with E-state index in [9.17, 15) is 4.79 Å². The van der Waals surface area contributed by atoms with Crippen molar-refractivity contribution in [2.75, 3.05) is 19.6 Å². The van der Waals surface area contributed by atoms with Crippen LogP contribution in [0.15, 0.2) is 16.1 Å². The van der Waals surface area contributed by atoms with Crippen molar-refractivity contribution >= 4 is 29.9 Å². The highest BCUT2D eigenvalue weighted by Gasteiger charge is 2.16. The summed E-state index contributed by atoms with van der Waals surface area (Å²) in [5.74, 6) is 2.69. The molecule has 11 heteroatoms. The van der Waals surface area contributed by atoms with Crippen LogP contribution < -0.4 is 16.3 Å². The van der Waals surface area contributed by atoms with Crippen molar-refractivity contribution in [1.82, 2.24) is 39.7 Å². The van der Waals surface area contributed by atoms with Gasteiger partial charge in [-0.2, -0.15) is 5.10 Å². The highest BCUT2D eigenvalue weighted by molar-refractivity contribution is 14.0. The quantitative estimate of drug-likeness (QED) is 0.221. The molecule has 3 heterocycles. The zero-order chi connectivity index (χ0) is 19.8. The minimum atomic E-state index is 0. The average Bonchev–Trinajstić information content (AvgIpc) is 3.29. The van der Waals surface area contributed by atoms with E-state index < -0.39 is 0 Å². The van der Waals surface area contributed by atoms with E-state index in [1.54, 1.807) is 11.0 Å². The molecule has 10 nitrogen and oxygen atoms in total. The van der Waals surface area contributed by atoms with Crippen molar-refractivity contribution in [3.63, 3.8) is 0 Å². The molecule has 2 aromatic rings. The van der Waals surface area contributed by atoms with Crippen LogP contribution in [0.25, 0.3) is 0 Å². The Morgan fingerprint density at radius 2 is 2.10 bits per heavy atom. The van der Waals surface area contributed by atoms with Gasteiger partial charge in [0.05, 0.1) is 0 Å². The number of nitrogens with one attached hydrogen (secondary N) is 2. The third kappa shape index (κ3) is 6.28. The van der Waals surface area contributed by atoms with Crippen molar-refractivity contribution in [2.45, 2.75) is 65.6 Å². The molecule has 0 bridgehead atoms. The molecule has 0 fully saturated rings. The van der Waals surface area contributed by atoms with Crippen molar-refractivity contribution in [3.8, 4) is 0 Å². The second kappa shape index (κ2) is 11.9. The monoisotopic (exact) mass is 517 g/mol. The van der Waals surface area contributed by atoms with E-state index in [-0.39, 0.29) is 29.7 Å². The summed E-state index contributed by atoms with van der Waals surface area (Å²) in [4.78, 5) is 16.9. The van der Waals surface area contributed by atoms with E-state index in [4.69, 9.17) is 0 Å². The third-order valence-electron chi connectivity index (χ3n) is 4.83. The van der Waals surface area contributed by atoms with Gasteiger partial charge in [-0.05, 0) is 26.2 Å². The molecule has 29 heavy (non-hydrogen) atoms. The lowest BCUT2D eigenvalue weighted by Gasteiger charge is -2.12. The fourth-order valence-corrected chi connectivity index (χ4v) is 3.38. The van der Waals surface area contributed by atoms with Crippen molar-refractivity contribution in [2.24, 2.45) is 4.99 Å². The predicted octanol–water partition coefficient (Wildman–Crippen LogP) is 0.798. The number of fused-ring (bicyclic) bond motifs is 1. The van der Waals surface area contributed by atoms with Gasteiger partial charge in [-0.15, -0.1) is 34.2 Å².